The highest BCUT2D eigenvalue weighted by Gasteiger charge is 2.58. The maximum Gasteiger partial charge on any atom is 0.229 e. The summed E-state index contributed by atoms with van der Waals surface area (Å²) in [5.74, 6) is 1.32. The molecule has 0 bridgehead atoms. The summed E-state index contributed by atoms with van der Waals surface area (Å²) in [5.41, 5.74) is 1.39. The largest absolute Gasteiger partial charge is 0.381 e. The van der Waals surface area contributed by atoms with Gasteiger partial charge < -0.3 is 15.4 Å². The van der Waals surface area contributed by atoms with Gasteiger partial charge in [0.25, 0.3) is 0 Å². The number of hydrogen-bond donors (Lipinski definition) is 2. The lowest BCUT2D eigenvalue weighted by Crippen LogP contribution is -2.26. The average Bonchev–Trinajstić information content (AvgIpc) is 3.42. The highest BCUT2D eigenvalue weighted by molar-refractivity contribution is 6.32. The minimum Gasteiger partial charge on any atom is -0.381 e. The van der Waals surface area contributed by atoms with E-state index in [0.717, 1.165) is 74.2 Å². The highest BCUT2D eigenvalue weighted by atomic mass is 35.5. The number of anilines is 1. The number of nitrogens with one attached hydrogen (secondary N) is 2. The van der Waals surface area contributed by atoms with Gasteiger partial charge in [-0.15, -0.1) is 0 Å². The number of aromatic nitrogens is 1. The van der Waals surface area contributed by atoms with E-state index < -0.39 is 0 Å². The molecule has 1 amide bonds. The Morgan fingerprint density at radius 2 is 1.96 bits per heavy atom. The summed E-state index contributed by atoms with van der Waals surface area (Å²) in [6, 6.07) is 6.17. The first-order valence-electron chi connectivity index (χ1n) is 10.3. The van der Waals surface area contributed by atoms with Gasteiger partial charge in [0.05, 0.1) is 0 Å². The minimum absolute atomic E-state index is 0.0984. The summed E-state index contributed by atoms with van der Waals surface area (Å²) in [4.78, 5) is 17.2. The second kappa shape index (κ2) is 7.29. The molecule has 1 spiro atoms. The molecule has 1 aromatic heterocycles. The normalized spacial score (nSPS) is 24.4. The fourth-order valence-corrected chi connectivity index (χ4v) is 5.29. The van der Waals surface area contributed by atoms with Crippen LogP contribution in [-0.2, 0) is 9.53 Å². The zero-order valence-electron chi connectivity index (χ0n) is 16.0. The smallest absolute Gasteiger partial charge is 0.229 e. The third-order valence-corrected chi connectivity index (χ3v) is 7.19. The van der Waals surface area contributed by atoms with Gasteiger partial charge in [-0.1, -0.05) is 11.6 Å². The van der Waals surface area contributed by atoms with Gasteiger partial charge in [0.2, 0.25) is 5.91 Å². The number of halogens is 1. The number of amides is 1. The molecular formula is C22H26ClN3O2. The topological polar surface area (TPSA) is 63.2 Å². The van der Waals surface area contributed by atoms with Crippen LogP contribution < -0.4 is 10.6 Å². The van der Waals surface area contributed by atoms with E-state index in [-0.39, 0.29) is 17.2 Å². The monoisotopic (exact) mass is 399 g/mol. The number of nitrogens with zero attached hydrogens (tertiary/aromatic N) is 1. The Labute approximate surface area is 170 Å². The SMILES string of the molecule is O=C(Nc1cc2cc(C3CCNCC3)c(Cl)cc2cn1)C1CC12CCOCC2. The summed E-state index contributed by atoms with van der Waals surface area (Å²) in [7, 11) is 0. The number of piperidine rings is 1. The molecule has 2 aliphatic heterocycles. The van der Waals surface area contributed by atoms with Crippen molar-refractivity contribution in [2.45, 2.75) is 38.0 Å². The summed E-state index contributed by atoms with van der Waals surface area (Å²) in [6.07, 6.45) is 6.98. The molecule has 6 heteroatoms. The van der Waals surface area contributed by atoms with Crippen molar-refractivity contribution in [1.82, 2.24) is 10.3 Å². The second-order valence-electron chi connectivity index (χ2n) is 8.54. The van der Waals surface area contributed by atoms with E-state index in [9.17, 15) is 4.79 Å². The number of fused-ring (bicyclic) bond motifs is 1. The van der Waals surface area contributed by atoms with E-state index in [4.69, 9.17) is 16.3 Å². The molecule has 0 radical (unpaired) electrons. The van der Waals surface area contributed by atoms with Crippen molar-refractivity contribution < 1.29 is 9.53 Å². The molecule has 1 aromatic carbocycles. The van der Waals surface area contributed by atoms with Gasteiger partial charge in [0.15, 0.2) is 0 Å². The molecule has 3 fully saturated rings. The molecule has 3 heterocycles. The van der Waals surface area contributed by atoms with Crippen molar-refractivity contribution in [2.24, 2.45) is 11.3 Å². The van der Waals surface area contributed by atoms with Crippen molar-refractivity contribution in [3.63, 3.8) is 0 Å². The standard InChI is InChI=1S/C22H26ClN3O2/c23-19-10-16-13-25-20(11-15(16)9-17(19)14-1-5-24-6-2-14)26-21(27)18-12-22(18)3-7-28-8-4-22/h9-11,13-14,18,24H,1-8,12H2,(H,25,26,27). The maximum absolute atomic E-state index is 12.7. The number of carbonyl (C=O) groups excluding carboxylic acids is 1. The third-order valence-electron chi connectivity index (χ3n) is 6.86. The number of carbonyl (C=O) groups is 1. The van der Waals surface area contributed by atoms with Crippen LogP contribution >= 0.6 is 11.6 Å². The lowest BCUT2D eigenvalue weighted by atomic mass is 9.89. The fourth-order valence-electron chi connectivity index (χ4n) is 4.96. The highest BCUT2D eigenvalue weighted by Crippen LogP contribution is 2.59. The zero-order valence-corrected chi connectivity index (χ0v) is 16.7. The number of hydrogen-bond acceptors (Lipinski definition) is 4. The average molecular weight is 400 g/mol. The Bertz CT molecular complexity index is 904. The van der Waals surface area contributed by atoms with Crippen LogP contribution in [0.15, 0.2) is 24.4 Å². The number of rotatable bonds is 3. The first-order valence-corrected chi connectivity index (χ1v) is 10.7. The van der Waals surface area contributed by atoms with Crippen molar-refractivity contribution in [3.8, 4) is 0 Å². The summed E-state index contributed by atoms with van der Waals surface area (Å²) < 4.78 is 5.45. The van der Waals surface area contributed by atoms with Gasteiger partial charge in [0, 0.05) is 35.7 Å². The van der Waals surface area contributed by atoms with Crippen LogP contribution in [0, 0.1) is 11.3 Å². The van der Waals surface area contributed by atoms with E-state index >= 15 is 0 Å². The Balaban J connectivity index is 1.35. The zero-order chi connectivity index (χ0) is 19.1. The molecule has 2 aromatic rings. The lowest BCUT2D eigenvalue weighted by Gasteiger charge is -2.24. The van der Waals surface area contributed by atoms with Crippen molar-refractivity contribution in [2.75, 3.05) is 31.6 Å². The third kappa shape index (κ3) is 3.40. The van der Waals surface area contributed by atoms with Crippen LogP contribution in [0.2, 0.25) is 5.02 Å². The molecule has 148 valence electrons. The Morgan fingerprint density at radius 3 is 2.75 bits per heavy atom. The van der Waals surface area contributed by atoms with E-state index in [1.54, 1.807) is 6.20 Å². The molecule has 5 rings (SSSR count). The summed E-state index contributed by atoms with van der Waals surface area (Å²) >= 11 is 6.56. The molecule has 1 aliphatic carbocycles. The molecule has 1 unspecified atom stereocenters. The van der Waals surface area contributed by atoms with Crippen LogP contribution in [0.25, 0.3) is 10.8 Å². The molecule has 2 saturated heterocycles. The summed E-state index contributed by atoms with van der Waals surface area (Å²) in [6.45, 7) is 3.62. The Kier molecular flexibility index (Phi) is 4.77. The molecule has 1 saturated carbocycles. The fraction of sp³-hybridized carbons (Fsp3) is 0.545. The number of ether oxygens (including phenoxy) is 1. The molecule has 2 N–H and O–H groups in total. The van der Waals surface area contributed by atoms with E-state index in [1.165, 1.54) is 5.56 Å². The first-order chi connectivity index (χ1) is 13.6. The van der Waals surface area contributed by atoms with E-state index in [0.29, 0.717) is 11.7 Å². The van der Waals surface area contributed by atoms with Crippen LogP contribution in [0.5, 0.6) is 0 Å². The molecule has 28 heavy (non-hydrogen) atoms. The Hall–Kier alpha value is -1.69. The minimum atomic E-state index is 0.0984. The van der Waals surface area contributed by atoms with Crippen LogP contribution in [0.1, 0.15) is 43.6 Å². The molecular weight excluding hydrogens is 374 g/mol. The number of benzene rings is 1. The number of pyridine rings is 1. The Morgan fingerprint density at radius 1 is 1.18 bits per heavy atom. The molecule has 1 atom stereocenters. The lowest BCUT2D eigenvalue weighted by molar-refractivity contribution is -0.118. The maximum atomic E-state index is 12.7. The second-order valence-corrected chi connectivity index (χ2v) is 8.94. The predicted molar refractivity (Wildman–Crippen MR) is 111 cm³/mol. The van der Waals surface area contributed by atoms with Crippen molar-refractivity contribution >= 4 is 34.1 Å². The van der Waals surface area contributed by atoms with Gasteiger partial charge in [-0.3, -0.25) is 4.79 Å². The van der Waals surface area contributed by atoms with Crippen LogP contribution in [-0.4, -0.2) is 37.2 Å². The summed E-state index contributed by atoms with van der Waals surface area (Å²) in [5, 5.41) is 9.36. The van der Waals surface area contributed by atoms with Gasteiger partial charge in [0.1, 0.15) is 5.82 Å². The van der Waals surface area contributed by atoms with Gasteiger partial charge in [-0.05, 0) is 85.7 Å². The quantitative estimate of drug-likeness (QED) is 0.815. The first kappa shape index (κ1) is 18.3. The van der Waals surface area contributed by atoms with Crippen molar-refractivity contribution in [1.29, 1.82) is 0 Å². The van der Waals surface area contributed by atoms with Crippen LogP contribution in [0.4, 0.5) is 5.82 Å². The van der Waals surface area contributed by atoms with Crippen molar-refractivity contribution in [3.05, 3.63) is 35.0 Å². The van der Waals surface area contributed by atoms with Gasteiger partial charge in [-0.25, -0.2) is 4.98 Å². The molecule has 5 nitrogen and oxygen atoms in total. The van der Waals surface area contributed by atoms with Gasteiger partial charge in [-0.2, -0.15) is 0 Å². The predicted octanol–water partition coefficient (Wildman–Crippen LogP) is 4.11. The molecule has 3 aliphatic rings. The van der Waals surface area contributed by atoms with Crippen LogP contribution in [0.3, 0.4) is 0 Å². The van der Waals surface area contributed by atoms with E-state index in [1.807, 2.05) is 12.1 Å². The van der Waals surface area contributed by atoms with E-state index in [2.05, 4.69) is 21.7 Å². The van der Waals surface area contributed by atoms with Gasteiger partial charge >= 0.3 is 0 Å².